The number of nitrogens with zero attached hydrogens (tertiary/aromatic N) is 1. The predicted molar refractivity (Wildman–Crippen MR) is 68.1 cm³/mol. The molecule has 0 N–H and O–H groups in total. The maximum absolute atomic E-state index is 13.6. The molecule has 0 unspecified atom stereocenters. The molecule has 0 aliphatic carbocycles. The largest absolute Gasteiger partial charge is 0.494 e. The van der Waals surface area contributed by atoms with E-state index in [1.54, 1.807) is 0 Å². The summed E-state index contributed by atoms with van der Waals surface area (Å²) >= 11 is 0. The Kier molecular flexibility index (Phi) is 3.85. The van der Waals surface area contributed by atoms with Crippen molar-refractivity contribution in [2.24, 2.45) is 0 Å². The first-order valence-corrected chi connectivity index (χ1v) is 5.82. The Bertz CT molecular complexity index is 717. The summed E-state index contributed by atoms with van der Waals surface area (Å²) in [5.74, 6) is -0.670. The predicted octanol–water partition coefficient (Wildman–Crippen LogP) is 4.39. The molecule has 2 nitrogen and oxygen atoms in total. The number of hydrogen-bond acceptors (Lipinski definition) is 2. The van der Waals surface area contributed by atoms with Crippen LogP contribution in [0.5, 0.6) is 5.75 Å². The first-order chi connectivity index (χ1) is 9.86. The third-order valence-electron chi connectivity index (χ3n) is 2.93. The summed E-state index contributed by atoms with van der Waals surface area (Å²) in [6, 6.07) is 8.60. The Labute approximate surface area is 118 Å². The molecule has 6 heteroatoms. The minimum atomic E-state index is -4.65. The average molecular weight is 295 g/mol. The number of methoxy groups -OCH3 is 1. The molecule has 0 aliphatic heterocycles. The van der Waals surface area contributed by atoms with E-state index in [-0.39, 0.29) is 16.9 Å². The van der Waals surface area contributed by atoms with Crippen LogP contribution in [-0.2, 0) is 6.18 Å². The van der Waals surface area contributed by atoms with Crippen molar-refractivity contribution >= 4 is 0 Å². The van der Waals surface area contributed by atoms with Gasteiger partial charge in [-0.2, -0.15) is 18.4 Å². The number of ether oxygens (including phenoxy) is 1. The zero-order valence-electron chi connectivity index (χ0n) is 10.8. The summed E-state index contributed by atoms with van der Waals surface area (Å²) in [4.78, 5) is 0. The summed E-state index contributed by atoms with van der Waals surface area (Å²) < 4.78 is 57.0. The van der Waals surface area contributed by atoms with Crippen LogP contribution in [0.25, 0.3) is 11.1 Å². The highest BCUT2D eigenvalue weighted by Crippen LogP contribution is 2.35. The molecule has 21 heavy (non-hydrogen) atoms. The van der Waals surface area contributed by atoms with Gasteiger partial charge in [0.1, 0.15) is 0 Å². The van der Waals surface area contributed by atoms with Crippen molar-refractivity contribution in [1.29, 1.82) is 5.26 Å². The molecule has 0 aromatic heterocycles. The summed E-state index contributed by atoms with van der Waals surface area (Å²) in [5, 5.41) is 8.73. The van der Waals surface area contributed by atoms with Gasteiger partial charge in [0.05, 0.1) is 24.3 Å². The molecule has 0 bridgehead atoms. The third-order valence-corrected chi connectivity index (χ3v) is 2.93. The van der Waals surface area contributed by atoms with Crippen LogP contribution in [0.3, 0.4) is 0 Å². The van der Waals surface area contributed by atoms with Gasteiger partial charge in [-0.25, -0.2) is 4.39 Å². The lowest BCUT2D eigenvalue weighted by Crippen LogP contribution is -2.08. The smallest absolute Gasteiger partial charge is 0.417 e. The first-order valence-electron chi connectivity index (χ1n) is 5.82. The zero-order chi connectivity index (χ0) is 15.6. The monoisotopic (exact) mass is 295 g/mol. The second kappa shape index (κ2) is 5.44. The molecule has 2 rings (SSSR count). The van der Waals surface area contributed by atoms with Crippen molar-refractivity contribution in [2.75, 3.05) is 7.11 Å². The van der Waals surface area contributed by atoms with Crippen molar-refractivity contribution < 1.29 is 22.3 Å². The molecule has 0 amide bonds. The Morgan fingerprint density at radius 1 is 1.05 bits per heavy atom. The molecular formula is C15H9F4NO. The molecule has 0 atom stereocenters. The number of alkyl halides is 3. The van der Waals surface area contributed by atoms with E-state index in [4.69, 9.17) is 10.00 Å². The fraction of sp³-hybridized carbons (Fsp3) is 0.133. The fourth-order valence-corrected chi connectivity index (χ4v) is 1.90. The van der Waals surface area contributed by atoms with Gasteiger partial charge in [0.2, 0.25) is 0 Å². The van der Waals surface area contributed by atoms with Crippen molar-refractivity contribution in [3.8, 4) is 22.9 Å². The minimum absolute atomic E-state index is 0.00319. The van der Waals surface area contributed by atoms with Crippen LogP contribution < -0.4 is 4.74 Å². The van der Waals surface area contributed by atoms with Gasteiger partial charge < -0.3 is 4.74 Å². The third kappa shape index (κ3) is 2.97. The lowest BCUT2D eigenvalue weighted by molar-refractivity contribution is -0.137. The van der Waals surface area contributed by atoms with Gasteiger partial charge in [-0.05, 0) is 35.4 Å². The maximum Gasteiger partial charge on any atom is 0.417 e. The molecule has 0 spiro atoms. The lowest BCUT2D eigenvalue weighted by atomic mass is 9.99. The van der Waals surface area contributed by atoms with Crippen LogP contribution in [-0.4, -0.2) is 7.11 Å². The van der Waals surface area contributed by atoms with Crippen LogP contribution in [0.1, 0.15) is 11.1 Å². The van der Waals surface area contributed by atoms with Crippen molar-refractivity contribution in [3.05, 3.63) is 53.3 Å². The van der Waals surface area contributed by atoms with Gasteiger partial charge in [-0.3, -0.25) is 0 Å². The van der Waals surface area contributed by atoms with E-state index in [2.05, 4.69) is 0 Å². The van der Waals surface area contributed by atoms with E-state index in [0.29, 0.717) is 0 Å². The Morgan fingerprint density at radius 2 is 1.67 bits per heavy atom. The highest BCUT2D eigenvalue weighted by Gasteiger charge is 2.33. The average Bonchev–Trinajstić information content (AvgIpc) is 2.45. The molecule has 0 saturated heterocycles. The van der Waals surface area contributed by atoms with E-state index in [0.717, 1.165) is 18.2 Å². The fourth-order valence-electron chi connectivity index (χ4n) is 1.90. The second-order valence-corrected chi connectivity index (χ2v) is 4.22. The summed E-state index contributed by atoms with van der Waals surface area (Å²) in [6.45, 7) is 0. The quantitative estimate of drug-likeness (QED) is 0.770. The zero-order valence-corrected chi connectivity index (χ0v) is 10.8. The maximum atomic E-state index is 13.6. The summed E-state index contributed by atoms with van der Waals surface area (Å²) in [7, 11) is 1.29. The molecule has 0 fully saturated rings. The van der Waals surface area contributed by atoms with Gasteiger partial charge in [0.15, 0.2) is 11.6 Å². The molecule has 2 aromatic carbocycles. The number of nitriles is 1. The number of halogens is 4. The van der Waals surface area contributed by atoms with Gasteiger partial charge in [-0.1, -0.05) is 12.1 Å². The minimum Gasteiger partial charge on any atom is -0.494 e. The van der Waals surface area contributed by atoms with E-state index in [9.17, 15) is 17.6 Å². The standard InChI is InChI=1S/C15H9F4NO/c1-21-14-5-4-10(7-13(14)16)9-2-3-11(8-20)12(6-9)15(17,18)19/h2-7H,1H3. The Hall–Kier alpha value is -2.55. The van der Waals surface area contributed by atoms with Gasteiger partial charge in [0, 0.05) is 0 Å². The van der Waals surface area contributed by atoms with Crippen LogP contribution in [0.2, 0.25) is 0 Å². The SMILES string of the molecule is COc1ccc(-c2ccc(C#N)c(C(F)(F)F)c2)cc1F. The number of benzene rings is 2. The van der Waals surface area contributed by atoms with Gasteiger partial charge in [-0.15, -0.1) is 0 Å². The molecule has 0 heterocycles. The summed E-state index contributed by atoms with van der Waals surface area (Å²) in [6.07, 6.45) is -4.65. The van der Waals surface area contributed by atoms with Crippen LogP contribution >= 0.6 is 0 Å². The molecule has 108 valence electrons. The van der Waals surface area contributed by atoms with E-state index >= 15 is 0 Å². The highest BCUT2D eigenvalue weighted by molar-refractivity contribution is 5.67. The van der Waals surface area contributed by atoms with Crippen LogP contribution in [0, 0.1) is 17.1 Å². The molecule has 0 radical (unpaired) electrons. The molecule has 0 aliphatic rings. The van der Waals surface area contributed by atoms with Crippen molar-refractivity contribution in [3.63, 3.8) is 0 Å². The highest BCUT2D eigenvalue weighted by atomic mass is 19.4. The van der Waals surface area contributed by atoms with E-state index in [1.165, 1.54) is 31.4 Å². The number of hydrogen-bond donors (Lipinski definition) is 0. The second-order valence-electron chi connectivity index (χ2n) is 4.22. The van der Waals surface area contributed by atoms with Crippen molar-refractivity contribution in [1.82, 2.24) is 0 Å². The molecular weight excluding hydrogens is 286 g/mol. The van der Waals surface area contributed by atoms with E-state index < -0.39 is 23.1 Å². The van der Waals surface area contributed by atoms with Gasteiger partial charge in [0.25, 0.3) is 0 Å². The van der Waals surface area contributed by atoms with Crippen LogP contribution in [0.15, 0.2) is 36.4 Å². The van der Waals surface area contributed by atoms with Crippen molar-refractivity contribution in [2.45, 2.75) is 6.18 Å². The lowest BCUT2D eigenvalue weighted by Gasteiger charge is -2.11. The normalized spacial score (nSPS) is 11.0. The van der Waals surface area contributed by atoms with Gasteiger partial charge >= 0.3 is 6.18 Å². The molecule has 2 aromatic rings. The Balaban J connectivity index is 2.56. The van der Waals surface area contributed by atoms with E-state index in [1.807, 2.05) is 0 Å². The first kappa shape index (κ1) is 14.9. The summed E-state index contributed by atoms with van der Waals surface area (Å²) in [5.41, 5.74) is -1.08. The number of rotatable bonds is 2. The van der Waals surface area contributed by atoms with Crippen LogP contribution in [0.4, 0.5) is 17.6 Å². The topological polar surface area (TPSA) is 33.0 Å². The Morgan fingerprint density at radius 3 is 2.19 bits per heavy atom. The molecule has 0 saturated carbocycles.